The molecule has 0 aromatic rings. The maximum atomic E-state index is 9.83. The number of quaternary nitrogens is 1. The Labute approximate surface area is 150 Å². The standard InChI is InChI=1S/C16H36N.C4H7NO2/c1-5-9-13-17(14-10-6-2,15-11-7-3)16-12-8-4;6-4(7)3-1-5-2-3/h5-16H2,1-4H3;3,5H,1-2H2,(H,6,7)/q+1;/p-1. The zero-order valence-electron chi connectivity index (χ0n) is 16.7. The van der Waals surface area contributed by atoms with Gasteiger partial charge in [-0.25, -0.2) is 0 Å². The van der Waals surface area contributed by atoms with Crippen LogP contribution >= 0.6 is 0 Å². The molecule has 1 rings (SSSR count). The Kier molecular flexibility index (Phi) is 14.3. The first-order valence-electron chi connectivity index (χ1n) is 10.3. The molecule has 4 nitrogen and oxygen atoms in total. The van der Waals surface area contributed by atoms with E-state index < -0.39 is 5.97 Å². The highest BCUT2D eigenvalue weighted by Crippen LogP contribution is 2.16. The molecule has 1 saturated heterocycles. The molecule has 0 aromatic carbocycles. The maximum absolute atomic E-state index is 9.83. The maximum Gasteiger partial charge on any atom is 0.0786 e. The minimum Gasteiger partial charge on any atom is -0.550 e. The molecule has 0 aromatic heterocycles. The van der Waals surface area contributed by atoms with Crippen molar-refractivity contribution in [3.05, 3.63) is 0 Å². The van der Waals surface area contributed by atoms with E-state index in [1.165, 1.54) is 82.0 Å². The van der Waals surface area contributed by atoms with Crippen molar-refractivity contribution < 1.29 is 14.4 Å². The summed E-state index contributed by atoms with van der Waals surface area (Å²) in [6.07, 6.45) is 11.1. The Hall–Kier alpha value is -0.610. The summed E-state index contributed by atoms with van der Waals surface area (Å²) in [5.74, 6) is -1.15. The fraction of sp³-hybridized carbons (Fsp3) is 0.950. The molecule has 1 aliphatic rings. The van der Waals surface area contributed by atoms with Crippen LogP contribution in [0.3, 0.4) is 0 Å². The van der Waals surface area contributed by atoms with Gasteiger partial charge < -0.3 is 19.7 Å². The van der Waals surface area contributed by atoms with Crippen molar-refractivity contribution in [3.8, 4) is 0 Å². The predicted molar refractivity (Wildman–Crippen MR) is 101 cm³/mol. The molecule has 0 radical (unpaired) electrons. The number of carboxylic acid groups (broad SMARTS) is 1. The quantitative estimate of drug-likeness (QED) is 0.524. The Morgan fingerprint density at radius 3 is 1.29 bits per heavy atom. The molecule has 1 fully saturated rings. The number of aliphatic carboxylic acids is 1. The Morgan fingerprint density at radius 2 is 1.17 bits per heavy atom. The molecule has 0 spiro atoms. The normalized spacial score (nSPS) is 14.7. The molecule has 0 unspecified atom stereocenters. The first kappa shape index (κ1) is 23.4. The second-order valence-electron chi connectivity index (χ2n) is 7.32. The van der Waals surface area contributed by atoms with Crippen molar-refractivity contribution in [2.24, 2.45) is 5.92 Å². The number of rotatable bonds is 13. The van der Waals surface area contributed by atoms with Crippen LogP contribution in [-0.4, -0.2) is 49.7 Å². The van der Waals surface area contributed by atoms with E-state index in [4.69, 9.17) is 0 Å². The highest BCUT2D eigenvalue weighted by Gasteiger charge is 2.24. The Balaban J connectivity index is 0.000000620. The average Bonchev–Trinajstić information content (AvgIpc) is 2.52. The van der Waals surface area contributed by atoms with E-state index in [-0.39, 0.29) is 5.92 Å². The lowest BCUT2D eigenvalue weighted by Gasteiger charge is -2.39. The smallest absolute Gasteiger partial charge is 0.0786 e. The number of hydrogen-bond donors (Lipinski definition) is 1. The van der Waals surface area contributed by atoms with Gasteiger partial charge in [-0.3, -0.25) is 0 Å². The molecule has 0 aliphatic carbocycles. The summed E-state index contributed by atoms with van der Waals surface area (Å²) >= 11 is 0. The molecule has 0 bridgehead atoms. The number of nitrogens with zero attached hydrogens (tertiary/aromatic N) is 1. The van der Waals surface area contributed by atoms with Gasteiger partial charge in [-0.1, -0.05) is 53.4 Å². The molecule has 24 heavy (non-hydrogen) atoms. The zero-order valence-corrected chi connectivity index (χ0v) is 16.7. The zero-order chi connectivity index (χ0) is 18.3. The molecule has 0 saturated carbocycles. The molecule has 1 aliphatic heterocycles. The van der Waals surface area contributed by atoms with Gasteiger partial charge in [0.25, 0.3) is 0 Å². The van der Waals surface area contributed by atoms with E-state index in [0.717, 1.165) is 0 Å². The number of carboxylic acids is 1. The Morgan fingerprint density at radius 1 is 0.833 bits per heavy atom. The lowest BCUT2D eigenvalue weighted by atomic mass is 10.1. The van der Waals surface area contributed by atoms with Crippen LogP contribution in [0.5, 0.6) is 0 Å². The molecular weight excluding hydrogens is 300 g/mol. The van der Waals surface area contributed by atoms with Crippen molar-refractivity contribution in [3.63, 3.8) is 0 Å². The monoisotopic (exact) mass is 342 g/mol. The van der Waals surface area contributed by atoms with Crippen molar-refractivity contribution in [2.75, 3.05) is 39.3 Å². The summed E-state index contributed by atoms with van der Waals surface area (Å²) in [6, 6.07) is 0. The van der Waals surface area contributed by atoms with Crippen molar-refractivity contribution in [1.82, 2.24) is 5.32 Å². The number of hydrogen-bond acceptors (Lipinski definition) is 3. The summed E-state index contributed by atoms with van der Waals surface area (Å²) in [7, 11) is 0. The third kappa shape index (κ3) is 10.3. The van der Waals surface area contributed by atoms with E-state index in [1.807, 2.05) is 0 Å². The number of nitrogens with one attached hydrogen (secondary N) is 1. The van der Waals surface area contributed by atoms with E-state index >= 15 is 0 Å². The fourth-order valence-corrected chi connectivity index (χ4v) is 3.10. The van der Waals surface area contributed by atoms with Crippen LogP contribution in [-0.2, 0) is 4.79 Å². The SMILES string of the molecule is CCCC[N+](CCCC)(CCCC)CCCC.O=C([O-])C1CNC1. The van der Waals surface area contributed by atoms with Crippen molar-refractivity contribution in [1.29, 1.82) is 0 Å². The molecule has 4 heteroatoms. The molecular formula is C20H42N2O2. The molecule has 0 atom stereocenters. The van der Waals surface area contributed by atoms with Crippen molar-refractivity contribution in [2.45, 2.75) is 79.1 Å². The molecule has 0 amide bonds. The number of carbonyl (C=O) groups excluding carboxylic acids is 1. The van der Waals surface area contributed by atoms with Gasteiger partial charge in [0.05, 0.1) is 26.2 Å². The number of unbranched alkanes of at least 4 members (excludes halogenated alkanes) is 4. The van der Waals surface area contributed by atoms with Crippen LogP contribution in [0.15, 0.2) is 0 Å². The van der Waals surface area contributed by atoms with E-state index in [2.05, 4.69) is 33.0 Å². The first-order chi connectivity index (χ1) is 11.5. The van der Waals surface area contributed by atoms with Crippen LogP contribution in [0.4, 0.5) is 0 Å². The van der Waals surface area contributed by atoms with E-state index in [9.17, 15) is 9.90 Å². The minimum atomic E-state index is -0.932. The third-order valence-corrected chi connectivity index (χ3v) is 5.06. The van der Waals surface area contributed by atoms with E-state index in [0.29, 0.717) is 13.1 Å². The largest absolute Gasteiger partial charge is 0.550 e. The Bertz CT molecular complexity index is 267. The fourth-order valence-electron chi connectivity index (χ4n) is 3.10. The third-order valence-electron chi connectivity index (χ3n) is 5.06. The molecule has 1 heterocycles. The summed E-state index contributed by atoms with van der Waals surface area (Å²) in [6.45, 7) is 16.2. The molecule has 1 N–H and O–H groups in total. The number of carbonyl (C=O) groups is 1. The lowest BCUT2D eigenvalue weighted by Crippen LogP contribution is -2.51. The van der Waals surface area contributed by atoms with Gasteiger partial charge in [-0.15, -0.1) is 0 Å². The lowest BCUT2D eigenvalue weighted by molar-refractivity contribution is -0.929. The second kappa shape index (κ2) is 14.7. The van der Waals surface area contributed by atoms with Gasteiger partial charge in [0.2, 0.25) is 0 Å². The molecule has 144 valence electrons. The van der Waals surface area contributed by atoms with Gasteiger partial charge in [-0.05, 0) is 25.7 Å². The predicted octanol–water partition coefficient (Wildman–Crippen LogP) is 2.96. The van der Waals surface area contributed by atoms with Crippen LogP contribution < -0.4 is 10.4 Å². The first-order valence-corrected chi connectivity index (χ1v) is 10.3. The van der Waals surface area contributed by atoms with Crippen LogP contribution in [0.25, 0.3) is 0 Å². The summed E-state index contributed by atoms with van der Waals surface area (Å²) in [4.78, 5) is 9.83. The summed E-state index contributed by atoms with van der Waals surface area (Å²) in [5.41, 5.74) is 0. The van der Waals surface area contributed by atoms with Crippen molar-refractivity contribution >= 4 is 5.97 Å². The van der Waals surface area contributed by atoms with Crippen LogP contribution in [0, 0.1) is 5.92 Å². The van der Waals surface area contributed by atoms with Gasteiger partial charge in [0.1, 0.15) is 0 Å². The highest BCUT2D eigenvalue weighted by atomic mass is 16.4. The van der Waals surface area contributed by atoms with Gasteiger partial charge in [0, 0.05) is 25.0 Å². The van der Waals surface area contributed by atoms with Gasteiger partial charge in [0.15, 0.2) is 0 Å². The van der Waals surface area contributed by atoms with Crippen LogP contribution in [0.2, 0.25) is 0 Å². The topological polar surface area (TPSA) is 52.2 Å². The van der Waals surface area contributed by atoms with Crippen LogP contribution in [0.1, 0.15) is 79.1 Å². The summed E-state index contributed by atoms with van der Waals surface area (Å²) in [5, 5.41) is 12.7. The highest BCUT2D eigenvalue weighted by molar-refractivity contribution is 5.69. The van der Waals surface area contributed by atoms with Gasteiger partial charge >= 0.3 is 0 Å². The second-order valence-corrected chi connectivity index (χ2v) is 7.32. The average molecular weight is 343 g/mol. The summed E-state index contributed by atoms with van der Waals surface area (Å²) < 4.78 is 1.42. The van der Waals surface area contributed by atoms with Gasteiger partial charge in [-0.2, -0.15) is 0 Å². The van der Waals surface area contributed by atoms with E-state index in [1.54, 1.807) is 0 Å². The minimum absolute atomic E-state index is 0.222.